The molecule has 0 saturated heterocycles. The number of aryl methyl sites for hydroxylation is 1. The number of benzene rings is 1. The molecule has 0 unspecified atom stereocenters. The summed E-state index contributed by atoms with van der Waals surface area (Å²) >= 11 is 1.31. The lowest BCUT2D eigenvalue weighted by molar-refractivity contribution is -0.115. The van der Waals surface area contributed by atoms with Gasteiger partial charge in [0.1, 0.15) is 16.3 Å². The Morgan fingerprint density at radius 3 is 2.58 bits per heavy atom. The largest absolute Gasteiger partial charge is 0.496 e. The van der Waals surface area contributed by atoms with E-state index in [1.807, 2.05) is 30.5 Å². The Labute approximate surface area is 145 Å². The molecule has 24 heavy (non-hydrogen) atoms. The maximum Gasteiger partial charge on any atom is 0.341 e. The van der Waals surface area contributed by atoms with Crippen LogP contribution in [0.5, 0.6) is 5.75 Å². The van der Waals surface area contributed by atoms with Crippen LogP contribution in [-0.4, -0.2) is 25.6 Å². The molecule has 5 nitrogen and oxygen atoms in total. The van der Waals surface area contributed by atoms with Crippen LogP contribution in [0.1, 0.15) is 36.2 Å². The number of methoxy groups -OCH3 is 1. The fraction of sp³-hybridized carbons (Fsp3) is 0.333. The van der Waals surface area contributed by atoms with Gasteiger partial charge in [-0.25, -0.2) is 4.79 Å². The SMILES string of the molecule is CCOC(=O)c1c(-c2cc(C)ccc2OC)csc1NC(=O)CC. The zero-order chi connectivity index (χ0) is 17.7. The van der Waals surface area contributed by atoms with Crippen LogP contribution in [-0.2, 0) is 9.53 Å². The van der Waals surface area contributed by atoms with Gasteiger partial charge < -0.3 is 14.8 Å². The fourth-order valence-electron chi connectivity index (χ4n) is 2.30. The molecule has 2 rings (SSSR count). The number of hydrogen-bond acceptors (Lipinski definition) is 5. The fourth-order valence-corrected chi connectivity index (χ4v) is 3.27. The van der Waals surface area contributed by atoms with Crippen LogP contribution in [0.4, 0.5) is 5.00 Å². The van der Waals surface area contributed by atoms with Crippen LogP contribution >= 0.6 is 11.3 Å². The number of hydrogen-bond donors (Lipinski definition) is 1. The Morgan fingerprint density at radius 1 is 1.21 bits per heavy atom. The van der Waals surface area contributed by atoms with E-state index in [4.69, 9.17) is 9.47 Å². The lowest BCUT2D eigenvalue weighted by Crippen LogP contribution is -2.13. The second kappa shape index (κ2) is 7.97. The maximum atomic E-state index is 12.5. The smallest absolute Gasteiger partial charge is 0.341 e. The average Bonchev–Trinajstić information content (AvgIpc) is 2.98. The van der Waals surface area contributed by atoms with E-state index < -0.39 is 5.97 Å². The van der Waals surface area contributed by atoms with Gasteiger partial charge in [0, 0.05) is 22.9 Å². The molecule has 0 aliphatic heterocycles. The zero-order valence-electron chi connectivity index (χ0n) is 14.3. The number of thiophene rings is 1. The normalized spacial score (nSPS) is 10.3. The lowest BCUT2D eigenvalue weighted by Gasteiger charge is -2.12. The first-order chi connectivity index (χ1) is 11.5. The number of amides is 1. The Balaban J connectivity index is 2.60. The third-order valence-electron chi connectivity index (χ3n) is 3.49. The number of esters is 1. The van der Waals surface area contributed by atoms with Gasteiger partial charge in [-0.15, -0.1) is 11.3 Å². The summed E-state index contributed by atoms with van der Waals surface area (Å²) in [5, 5.41) is 5.12. The van der Waals surface area contributed by atoms with E-state index in [1.54, 1.807) is 21.0 Å². The number of anilines is 1. The average molecular weight is 347 g/mol. The quantitative estimate of drug-likeness (QED) is 0.793. The van der Waals surface area contributed by atoms with Crippen molar-refractivity contribution in [1.82, 2.24) is 0 Å². The minimum Gasteiger partial charge on any atom is -0.496 e. The molecule has 1 amide bonds. The van der Waals surface area contributed by atoms with Gasteiger partial charge in [-0.2, -0.15) is 0 Å². The first-order valence-electron chi connectivity index (χ1n) is 7.75. The molecule has 2 aromatic rings. The van der Waals surface area contributed by atoms with Crippen LogP contribution in [0, 0.1) is 6.92 Å². The molecular weight excluding hydrogens is 326 g/mol. The summed E-state index contributed by atoms with van der Waals surface area (Å²) in [6, 6.07) is 5.76. The molecule has 6 heteroatoms. The molecular formula is C18H21NO4S. The predicted octanol–water partition coefficient (Wildman–Crippen LogP) is 4.26. The molecule has 0 radical (unpaired) electrons. The van der Waals surface area contributed by atoms with Crippen LogP contribution in [0.3, 0.4) is 0 Å². The third-order valence-corrected chi connectivity index (χ3v) is 4.39. The van der Waals surface area contributed by atoms with Crippen molar-refractivity contribution in [3.8, 4) is 16.9 Å². The molecule has 0 atom stereocenters. The van der Waals surface area contributed by atoms with E-state index in [1.165, 1.54) is 11.3 Å². The standard InChI is InChI=1S/C18H21NO4S/c1-5-15(20)19-17-16(18(21)23-6-2)13(10-24-17)12-9-11(3)7-8-14(12)22-4/h7-10H,5-6H2,1-4H3,(H,19,20). The van der Waals surface area contributed by atoms with Gasteiger partial charge in [0.25, 0.3) is 0 Å². The summed E-state index contributed by atoms with van der Waals surface area (Å²) in [5.74, 6) is 0.0613. The minimum atomic E-state index is -0.455. The van der Waals surface area contributed by atoms with E-state index in [0.29, 0.717) is 28.3 Å². The van der Waals surface area contributed by atoms with E-state index in [-0.39, 0.29) is 12.5 Å². The van der Waals surface area contributed by atoms with Gasteiger partial charge in [0.05, 0.1) is 13.7 Å². The van der Waals surface area contributed by atoms with Gasteiger partial charge in [0.15, 0.2) is 0 Å². The number of ether oxygens (including phenoxy) is 2. The summed E-state index contributed by atoms with van der Waals surface area (Å²) in [7, 11) is 1.59. The lowest BCUT2D eigenvalue weighted by atomic mass is 10.0. The summed E-state index contributed by atoms with van der Waals surface area (Å²) in [4.78, 5) is 24.2. The van der Waals surface area contributed by atoms with Gasteiger partial charge in [-0.3, -0.25) is 4.79 Å². The summed E-state index contributed by atoms with van der Waals surface area (Å²) in [5.41, 5.74) is 2.91. The van der Waals surface area contributed by atoms with Gasteiger partial charge in [-0.1, -0.05) is 18.6 Å². The van der Waals surface area contributed by atoms with Crippen molar-refractivity contribution in [2.24, 2.45) is 0 Å². The second-order valence-electron chi connectivity index (χ2n) is 5.18. The molecule has 1 heterocycles. The summed E-state index contributed by atoms with van der Waals surface area (Å²) in [6.45, 7) is 5.75. The van der Waals surface area contributed by atoms with Gasteiger partial charge >= 0.3 is 5.97 Å². The first kappa shape index (κ1) is 18.0. The van der Waals surface area contributed by atoms with Crippen LogP contribution < -0.4 is 10.1 Å². The highest BCUT2D eigenvalue weighted by Gasteiger charge is 2.24. The first-order valence-corrected chi connectivity index (χ1v) is 8.63. The number of nitrogens with one attached hydrogen (secondary N) is 1. The van der Waals surface area contributed by atoms with E-state index in [9.17, 15) is 9.59 Å². The molecule has 1 N–H and O–H groups in total. The number of carbonyl (C=O) groups is 2. The highest BCUT2D eigenvalue weighted by atomic mass is 32.1. The van der Waals surface area contributed by atoms with E-state index >= 15 is 0 Å². The molecule has 0 saturated carbocycles. The van der Waals surface area contributed by atoms with Crippen molar-refractivity contribution >= 4 is 28.2 Å². The van der Waals surface area contributed by atoms with E-state index in [0.717, 1.165) is 11.1 Å². The Bertz CT molecular complexity index is 751. The topological polar surface area (TPSA) is 64.6 Å². The Morgan fingerprint density at radius 2 is 1.96 bits per heavy atom. The summed E-state index contributed by atoms with van der Waals surface area (Å²) < 4.78 is 10.6. The van der Waals surface area contributed by atoms with Crippen molar-refractivity contribution in [2.75, 3.05) is 19.0 Å². The molecule has 0 spiro atoms. The molecule has 0 fully saturated rings. The predicted molar refractivity (Wildman–Crippen MR) is 95.9 cm³/mol. The number of rotatable bonds is 6. The molecule has 1 aromatic heterocycles. The highest BCUT2D eigenvalue weighted by Crippen LogP contribution is 2.40. The summed E-state index contributed by atoms with van der Waals surface area (Å²) in [6.07, 6.45) is 0.337. The molecule has 0 aliphatic carbocycles. The van der Waals surface area contributed by atoms with Crippen molar-refractivity contribution < 1.29 is 19.1 Å². The third kappa shape index (κ3) is 3.76. The van der Waals surface area contributed by atoms with Crippen LogP contribution in [0.15, 0.2) is 23.6 Å². The molecule has 128 valence electrons. The highest BCUT2D eigenvalue weighted by molar-refractivity contribution is 7.15. The Kier molecular flexibility index (Phi) is 5.98. The minimum absolute atomic E-state index is 0.148. The maximum absolute atomic E-state index is 12.5. The van der Waals surface area contributed by atoms with Crippen molar-refractivity contribution in [3.05, 3.63) is 34.7 Å². The van der Waals surface area contributed by atoms with Gasteiger partial charge in [0.2, 0.25) is 5.91 Å². The van der Waals surface area contributed by atoms with Crippen molar-refractivity contribution in [2.45, 2.75) is 27.2 Å². The van der Waals surface area contributed by atoms with Gasteiger partial charge in [-0.05, 0) is 26.0 Å². The monoisotopic (exact) mass is 347 g/mol. The number of carbonyl (C=O) groups excluding carboxylic acids is 2. The van der Waals surface area contributed by atoms with Crippen molar-refractivity contribution in [1.29, 1.82) is 0 Å². The van der Waals surface area contributed by atoms with Crippen LogP contribution in [0.25, 0.3) is 11.1 Å². The molecule has 0 bridgehead atoms. The Hall–Kier alpha value is -2.34. The van der Waals surface area contributed by atoms with E-state index in [2.05, 4.69) is 5.32 Å². The van der Waals surface area contributed by atoms with Crippen molar-refractivity contribution in [3.63, 3.8) is 0 Å². The molecule has 1 aromatic carbocycles. The second-order valence-corrected chi connectivity index (χ2v) is 6.06. The molecule has 0 aliphatic rings. The van der Waals surface area contributed by atoms with Crippen LogP contribution in [0.2, 0.25) is 0 Å². The zero-order valence-corrected chi connectivity index (χ0v) is 15.1.